The third-order valence-electron chi connectivity index (χ3n) is 3.51. The van der Waals surface area contributed by atoms with E-state index in [1.807, 2.05) is 41.5 Å². The Hall–Kier alpha value is 0.120. The zero-order chi connectivity index (χ0) is 14.4. The number of carbonyl (C=O) groups excluding carboxylic acids is 1. The molecule has 0 atom stereocenters. The molecule has 0 aromatic heterocycles. The lowest BCUT2D eigenvalue weighted by Crippen LogP contribution is -2.63. The maximum absolute atomic E-state index is 12.0. The van der Waals surface area contributed by atoms with Gasteiger partial charge in [0, 0.05) is 17.1 Å². The summed E-state index contributed by atoms with van der Waals surface area (Å²) in [4.78, 5) is 12.0. The lowest BCUT2D eigenvalue weighted by atomic mass is 9.79. The minimum Gasteiger partial charge on any atom is -0.352 e. The fourth-order valence-electron chi connectivity index (χ4n) is 2.73. The maximum Gasteiger partial charge on any atom is 0.235 e. The van der Waals surface area contributed by atoms with Crippen LogP contribution in [0.1, 0.15) is 54.4 Å². The van der Waals surface area contributed by atoms with Gasteiger partial charge < -0.3 is 10.5 Å². The van der Waals surface area contributed by atoms with Crippen molar-refractivity contribution in [2.75, 3.05) is 0 Å². The van der Waals surface area contributed by atoms with Crippen LogP contribution in [0.2, 0.25) is 0 Å². The number of amides is 1. The second-order valence-electron chi connectivity index (χ2n) is 6.99. The number of piperidine rings is 1. The number of carbonyl (C=O) groups is 1. The Morgan fingerprint density at radius 3 is 2.00 bits per heavy atom. The Morgan fingerprint density at radius 1 is 1.28 bits per heavy atom. The Kier molecular flexibility index (Phi) is 4.41. The third-order valence-corrected chi connectivity index (χ3v) is 4.00. The SMILES string of the molecule is CC(C)(I)C(=O)NC1CC(C)(C)N(O)C(C)(C)C1. The van der Waals surface area contributed by atoms with E-state index in [2.05, 4.69) is 27.9 Å². The second kappa shape index (κ2) is 4.90. The van der Waals surface area contributed by atoms with Crippen LogP contribution in [0.15, 0.2) is 0 Å². The van der Waals surface area contributed by atoms with E-state index in [0.29, 0.717) is 0 Å². The van der Waals surface area contributed by atoms with Crippen LogP contribution in [-0.2, 0) is 4.79 Å². The molecule has 0 aromatic carbocycles. The number of hydrogen-bond donors (Lipinski definition) is 2. The molecule has 1 amide bonds. The van der Waals surface area contributed by atoms with E-state index < -0.39 is 3.42 Å². The van der Waals surface area contributed by atoms with Crippen molar-refractivity contribution in [3.05, 3.63) is 0 Å². The van der Waals surface area contributed by atoms with Gasteiger partial charge in [-0.05, 0) is 54.4 Å². The molecule has 1 heterocycles. The number of nitrogens with one attached hydrogen (secondary N) is 1. The van der Waals surface area contributed by atoms with Crippen LogP contribution in [0.5, 0.6) is 0 Å². The highest BCUT2D eigenvalue weighted by Crippen LogP contribution is 2.36. The molecule has 1 rings (SSSR count). The first-order valence-corrected chi connectivity index (χ1v) is 7.43. The Morgan fingerprint density at radius 2 is 1.67 bits per heavy atom. The molecule has 106 valence electrons. The predicted molar refractivity (Wildman–Crippen MR) is 81.0 cm³/mol. The molecule has 18 heavy (non-hydrogen) atoms. The molecule has 2 N–H and O–H groups in total. The summed E-state index contributed by atoms with van der Waals surface area (Å²) in [6.45, 7) is 11.8. The molecule has 5 heteroatoms. The maximum atomic E-state index is 12.0. The number of hydrogen-bond acceptors (Lipinski definition) is 3. The molecule has 0 aromatic rings. The molecular weight excluding hydrogens is 343 g/mol. The first kappa shape index (κ1) is 16.2. The van der Waals surface area contributed by atoms with Crippen molar-refractivity contribution in [2.24, 2.45) is 0 Å². The molecule has 0 saturated carbocycles. The van der Waals surface area contributed by atoms with Crippen molar-refractivity contribution < 1.29 is 10.0 Å². The zero-order valence-electron chi connectivity index (χ0n) is 12.2. The van der Waals surface area contributed by atoms with Gasteiger partial charge in [0.15, 0.2) is 0 Å². The van der Waals surface area contributed by atoms with Crippen molar-refractivity contribution in [1.29, 1.82) is 0 Å². The first-order chi connectivity index (χ1) is 7.86. The number of rotatable bonds is 2. The van der Waals surface area contributed by atoms with Crippen LogP contribution >= 0.6 is 22.6 Å². The summed E-state index contributed by atoms with van der Waals surface area (Å²) in [5, 5.41) is 14.7. The van der Waals surface area contributed by atoms with Crippen molar-refractivity contribution in [1.82, 2.24) is 10.4 Å². The first-order valence-electron chi connectivity index (χ1n) is 6.35. The van der Waals surface area contributed by atoms with Gasteiger partial charge in [-0.3, -0.25) is 4.79 Å². The van der Waals surface area contributed by atoms with Crippen LogP contribution in [-0.4, -0.2) is 36.7 Å². The molecular formula is C13H25IN2O2. The molecule has 0 spiro atoms. The second-order valence-corrected chi connectivity index (χ2v) is 9.68. The molecule has 1 saturated heterocycles. The van der Waals surface area contributed by atoms with Crippen LogP contribution in [0.4, 0.5) is 0 Å². The number of hydroxylamine groups is 2. The monoisotopic (exact) mass is 368 g/mol. The molecule has 0 bridgehead atoms. The minimum absolute atomic E-state index is 0.0612. The average Bonchev–Trinajstić information content (AvgIpc) is 2.11. The van der Waals surface area contributed by atoms with E-state index in [1.54, 1.807) is 0 Å². The van der Waals surface area contributed by atoms with Crippen molar-refractivity contribution in [3.63, 3.8) is 0 Å². The fourth-order valence-corrected chi connectivity index (χ4v) is 2.89. The molecule has 1 fully saturated rings. The summed E-state index contributed by atoms with van der Waals surface area (Å²) in [6, 6.07) is 0.111. The highest BCUT2D eigenvalue weighted by atomic mass is 127. The quantitative estimate of drug-likeness (QED) is 0.582. The van der Waals surface area contributed by atoms with E-state index >= 15 is 0 Å². The number of halogens is 1. The third kappa shape index (κ3) is 3.57. The standard InChI is InChI=1S/C13H25IN2O2/c1-11(2)7-9(8-12(3,4)16(11)18)15-10(17)13(5,6)14/h9,18H,7-8H2,1-6H3,(H,15,17). The van der Waals surface area contributed by atoms with Crippen LogP contribution in [0.3, 0.4) is 0 Å². The van der Waals surface area contributed by atoms with E-state index in [0.717, 1.165) is 12.8 Å². The Labute approximate surface area is 124 Å². The lowest BCUT2D eigenvalue weighted by molar-refractivity contribution is -0.246. The predicted octanol–water partition coefficient (Wildman–Crippen LogP) is 2.73. The lowest BCUT2D eigenvalue weighted by Gasteiger charge is -2.51. The minimum atomic E-state index is -0.400. The summed E-state index contributed by atoms with van der Waals surface area (Å²) in [5.41, 5.74) is -0.649. The highest BCUT2D eigenvalue weighted by Gasteiger charge is 2.45. The van der Waals surface area contributed by atoms with Gasteiger partial charge in [-0.2, -0.15) is 5.06 Å². The smallest absolute Gasteiger partial charge is 0.235 e. The van der Waals surface area contributed by atoms with Gasteiger partial charge in [0.25, 0.3) is 0 Å². The Balaban J connectivity index is 2.79. The summed E-state index contributed by atoms with van der Waals surface area (Å²) >= 11 is 2.15. The van der Waals surface area contributed by atoms with Crippen molar-refractivity contribution >= 4 is 28.5 Å². The van der Waals surface area contributed by atoms with E-state index in [4.69, 9.17) is 0 Å². The van der Waals surface area contributed by atoms with Crippen LogP contribution in [0.25, 0.3) is 0 Å². The highest BCUT2D eigenvalue weighted by molar-refractivity contribution is 14.1. The normalized spacial score (nSPS) is 24.9. The molecule has 1 aliphatic rings. The molecule has 0 aliphatic carbocycles. The van der Waals surface area contributed by atoms with Gasteiger partial charge in [0.05, 0.1) is 3.42 Å². The summed E-state index contributed by atoms with van der Waals surface area (Å²) in [6.07, 6.45) is 1.51. The topological polar surface area (TPSA) is 52.6 Å². The van der Waals surface area contributed by atoms with E-state index in [-0.39, 0.29) is 23.0 Å². The number of alkyl halides is 1. The van der Waals surface area contributed by atoms with Crippen molar-refractivity contribution in [3.8, 4) is 0 Å². The van der Waals surface area contributed by atoms with Gasteiger partial charge in [0.2, 0.25) is 5.91 Å². The summed E-state index contributed by atoms with van der Waals surface area (Å²) in [7, 11) is 0. The molecule has 4 nitrogen and oxygen atoms in total. The van der Waals surface area contributed by atoms with E-state index in [1.165, 1.54) is 5.06 Å². The average molecular weight is 368 g/mol. The largest absolute Gasteiger partial charge is 0.352 e. The molecule has 0 unspecified atom stereocenters. The molecule has 1 aliphatic heterocycles. The molecule has 0 radical (unpaired) electrons. The number of nitrogens with zero attached hydrogens (tertiary/aromatic N) is 1. The summed E-state index contributed by atoms with van der Waals surface area (Å²) < 4.78 is -0.400. The van der Waals surface area contributed by atoms with Gasteiger partial charge in [-0.25, -0.2) is 0 Å². The van der Waals surface area contributed by atoms with E-state index in [9.17, 15) is 10.0 Å². The fraction of sp³-hybridized carbons (Fsp3) is 0.923. The zero-order valence-corrected chi connectivity index (χ0v) is 14.3. The van der Waals surface area contributed by atoms with Crippen LogP contribution in [0, 0.1) is 0 Å². The van der Waals surface area contributed by atoms with Crippen molar-refractivity contribution in [2.45, 2.75) is 74.9 Å². The van der Waals surface area contributed by atoms with Crippen LogP contribution < -0.4 is 5.32 Å². The van der Waals surface area contributed by atoms with Gasteiger partial charge in [-0.1, -0.05) is 22.6 Å². The van der Waals surface area contributed by atoms with Gasteiger partial charge >= 0.3 is 0 Å². The van der Waals surface area contributed by atoms with Gasteiger partial charge in [0.1, 0.15) is 0 Å². The van der Waals surface area contributed by atoms with Gasteiger partial charge in [-0.15, -0.1) is 0 Å². The summed E-state index contributed by atoms with van der Waals surface area (Å²) in [5.74, 6) is 0.0612. The Bertz CT molecular complexity index is 316.